The molecule has 2 fully saturated rings. The van der Waals surface area contributed by atoms with Gasteiger partial charge in [0.15, 0.2) is 0 Å². The normalized spacial score (nSPS) is 22.0. The molecule has 2 atom stereocenters. The molecule has 5 nitrogen and oxygen atoms in total. The highest BCUT2D eigenvalue weighted by molar-refractivity contribution is 9.10. The summed E-state index contributed by atoms with van der Waals surface area (Å²) < 4.78 is 5.98. The molecule has 1 N–H and O–H groups in total. The third kappa shape index (κ3) is 5.40. The Morgan fingerprint density at radius 2 is 1.82 bits per heavy atom. The van der Waals surface area contributed by atoms with Crippen molar-refractivity contribution >= 4 is 56.1 Å². The monoisotopic (exact) mass is 623 g/mol. The van der Waals surface area contributed by atoms with Crippen molar-refractivity contribution in [2.24, 2.45) is 0 Å². The number of hydrogen-bond acceptors (Lipinski definition) is 4. The van der Waals surface area contributed by atoms with Crippen LogP contribution in [-0.2, 0) is 16.1 Å². The number of morpholine rings is 1. The number of halogens is 2. The number of rotatable bonds is 6. The number of nitrogens with one attached hydrogen (secondary N) is 1. The van der Waals surface area contributed by atoms with Crippen molar-refractivity contribution in [3.05, 3.63) is 99.1 Å². The number of ether oxygens (including phenoxy) is 1. The molecule has 0 spiro atoms. The minimum absolute atomic E-state index is 0.141. The fraction of sp³-hybridized carbons (Fsp3) is 0.323. The van der Waals surface area contributed by atoms with E-state index in [2.05, 4.69) is 93.5 Å². The first-order valence-electron chi connectivity index (χ1n) is 13.3. The summed E-state index contributed by atoms with van der Waals surface area (Å²) in [4.78, 5) is 23.8. The lowest BCUT2D eigenvalue weighted by Gasteiger charge is -2.41. The second kappa shape index (κ2) is 11.3. The predicted octanol–water partition coefficient (Wildman–Crippen LogP) is 7.23. The maximum atomic E-state index is 14.7. The lowest BCUT2D eigenvalue weighted by molar-refractivity contribution is -0.138. The van der Waals surface area contributed by atoms with Crippen LogP contribution in [0.3, 0.4) is 0 Å². The zero-order valence-corrected chi connectivity index (χ0v) is 25.0. The van der Waals surface area contributed by atoms with Gasteiger partial charge in [-0.3, -0.25) is 9.69 Å². The van der Waals surface area contributed by atoms with E-state index in [-0.39, 0.29) is 11.9 Å². The summed E-state index contributed by atoms with van der Waals surface area (Å²) in [5.74, 6) is 0.197. The lowest BCUT2D eigenvalue weighted by atomic mass is 9.90. The number of benzene rings is 3. The van der Waals surface area contributed by atoms with Crippen LogP contribution >= 0.6 is 39.3 Å². The molecule has 4 aromatic rings. The Labute approximate surface area is 247 Å². The van der Waals surface area contributed by atoms with Gasteiger partial charge in [-0.05, 0) is 60.9 Å². The molecule has 1 amide bonds. The third-order valence-electron chi connectivity index (χ3n) is 7.83. The molecule has 202 valence electrons. The van der Waals surface area contributed by atoms with Crippen molar-refractivity contribution in [1.82, 2.24) is 14.8 Å². The topological polar surface area (TPSA) is 48.6 Å². The van der Waals surface area contributed by atoms with E-state index in [9.17, 15) is 4.79 Å². The maximum absolute atomic E-state index is 14.7. The van der Waals surface area contributed by atoms with Gasteiger partial charge in [0.1, 0.15) is 4.75 Å². The Kier molecular flexibility index (Phi) is 7.79. The second-order valence-corrected chi connectivity index (χ2v) is 13.1. The molecule has 3 aromatic carbocycles. The van der Waals surface area contributed by atoms with Crippen LogP contribution in [0.1, 0.15) is 29.2 Å². The number of carbonyl (C=O) groups is 1. The van der Waals surface area contributed by atoms with E-state index in [4.69, 9.17) is 16.3 Å². The van der Waals surface area contributed by atoms with Gasteiger partial charge in [-0.15, -0.1) is 11.8 Å². The molecule has 2 saturated heterocycles. The van der Waals surface area contributed by atoms with Crippen molar-refractivity contribution in [2.45, 2.75) is 35.6 Å². The predicted molar refractivity (Wildman–Crippen MR) is 162 cm³/mol. The van der Waals surface area contributed by atoms with Gasteiger partial charge in [-0.2, -0.15) is 0 Å². The van der Waals surface area contributed by atoms with Crippen molar-refractivity contribution < 1.29 is 9.53 Å². The molecule has 2 unspecified atom stereocenters. The first-order valence-corrected chi connectivity index (χ1v) is 15.3. The maximum Gasteiger partial charge on any atom is 0.241 e. The first kappa shape index (κ1) is 26.9. The number of amides is 1. The largest absolute Gasteiger partial charge is 0.378 e. The smallest absolute Gasteiger partial charge is 0.241 e. The van der Waals surface area contributed by atoms with E-state index in [1.54, 1.807) is 11.8 Å². The lowest BCUT2D eigenvalue weighted by Crippen LogP contribution is -2.53. The summed E-state index contributed by atoms with van der Waals surface area (Å²) >= 11 is 11.6. The number of aromatic amines is 1. The highest BCUT2D eigenvalue weighted by Crippen LogP contribution is 2.54. The fourth-order valence-electron chi connectivity index (χ4n) is 5.89. The number of H-pyrrole nitrogens is 1. The molecule has 0 saturated carbocycles. The number of hydrogen-bond donors (Lipinski definition) is 1. The third-order valence-corrected chi connectivity index (χ3v) is 10.1. The van der Waals surface area contributed by atoms with Gasteiger partial charge in [-0.1, -0.05) is 63.4 Å². The molecule has 0 aliphatic carbocycles. The number of aromatic nitrogens is 1. The fourth-order valence-corrected chi connectivity index (χ4v) is 7.81. The molecule has 3 heterocycles. The van der Waals surface area contributed by atoms with Gasteiger partial charge >= 0.3 is 0 Å². The molecule has 2 aliphatic heterocycles. The zero-order chi connectivity index (χ0) is 27.0. The Balaban J connectivity index is 1.49. The van der Waals surface area contributed by atoms with Crippen LogP contribution in [0.5, 0.6) is 0 Å². The number of fused-ring (bicyclic) bond motifs is 1. The standard InChI is InChI=1S/C31H31BrClN3O2S/c1-21-2-9-25(10-3-21)39-31(30(37)35-14-16-38-17-15-35)12-13-36(20-22-4-6-23(32)7-5-22)29(31)27-19-34-28-18-24(33)8-11-26(27)28/h2-11,18-19,29,34H,12-17,20H2,1H3. The summed E-state index contributed by atoms with van der Waals surface area (Å²) in [6.07, 6.45) is 2.84. The molecular formula is C31H31BrClN3O2S. The van der Waals surface area contributed by atoms with Gasteiger partial charge in [0.05, 0.1) is 19.3 Å². The van der Waals surface area contributed by atoms with Crippen molar-refractivity contribution in [2.75, 3.05) is 32.8 Å². The van der Waals surface area contributed by atoms with E-state index in [0.29, 0.717) is 31.3 Å². The number of thioether (sulfide) groups is 1. The quantitative estimate of drug-likeness (QED) is 0.246. The Bertz CT molecular complexity index is 1470. The molecule has 0 radical (unpaired) electrons. The van der Waals surface area contributed by atoms with Crippen molar-refractivity contribution in [1.29, 1.82) is 0 Å². The minimum atomic E-state index is -0.698. The SMILES string of the molecule is Cc1ccc(SC2(C(=O)N3CCOCC3)CCN(Cc3ccc(Br)cc3)C2c2c[nH]c3cc(Cl)ccc23)cc1. The number of nitrogens with zero attached hydrogens (tertiary/aromatic N) is 2. The molecular weight excluding hydrogens is 594 g/mol. The van der Waals surface area contributed by atoms with Crippen molar-refractivity contribution in [3.8, 4) is 0 Å². The summed E-state index contributed by atoms with van der Waals surface area (Å²) in [5.41, 5.74) is 4.56. The van der Waals surface area contributed by atoms with Crippen molar-refractivity contribution in [3.63, 3.8) is 0 Å². The highest BCUT2D eigenvalue weighted by atomic mass is 79.9. The van der Waals surface area contributed by atoms with Crippen LogP contribution in [0.25, 0.3) is 10.9 Å². The average Bonchev–Trinajstić information content (AvgIpc) is 3.52. The van der Waals surface area contributed by atoms with Gasteiger partial charge < -0.3 is 14.6 Å². The molecule has 0 bridgehead atoms. The number of carbonyl (C=O) groups excluding carboxylic acids is 1. The average molecular weight is 625 g/mol. The van der Waals surface area contributed by atoms with E-state index >= 15 is 0 Å². The molecule has 2 aliphatic rings. The number of aryl methyl sites for hydroxylation is 1. The molecule has 6 rings (SSSR count). The summed E-state index contributed by atoms with van der Waals surface area (Å²) in [6, 6.07) is 22.9. The molecule has 8 heteroatoms. The van der Waals surface area contributed by atoms with Crippen LogP contribution in [0.4, 0.5) is 0 Å². The van der Waals surface area contributed by atoms with Crippen LogP contribution in [-0.4, -0.2) is 58.3 Å². The first-order chi connectivity index (χ1) is 18.9. The molecule has 39 heavy (non-hydrogen) atoms. The highest BCUT2D eigenvalue weighted by Gasteiger charge is 2.56. The van der Waals surface area contributed by atoms with Crippen LogP contribution in [0.15, 0.2) is 82.3 Å². The van der Waals surface area contributed by atoms with E-state index in [1.807, 2.05) is 17.0 Å². The van der Waals surface area contributed by atoms with Crippen LogP contribution < -0.4 is 0 Å². The molecule has 1 aromatic heterocycles. The Morgan fingerprint density at radius 3 is 2.56 bits per heavy atom. The van der Waals surface area contributed by atoms with E-state index in [0.717, 1.165) is 45.3 Å². The Hall–Kier alpha value is -2.29. The van der Waals surface area contributed by atoms with Gasteiger partial charge in [-0.25, -0.2) is 0 Å². The number of likely N-dealkylation sites (tertiary alicyclic amines) is 1. The van der Waals surface area contributed by atoms with Gasteiger partial charge in [0, 0.05) is 57.7 Å². The van der Waals surface area contributed by atoms with Crippen LogP contribution in [0.2, 0.25) is 5.02 Å². The van der Waals surface area contributed by atoms with Crippen LogP contribution in [0, 0.1) is 6.92 Å². The van der Waals surface area contributed by atoms with E-state index in [1.165, 1.54) is 11.1 Å². The van der Waals surface area contributed by atoms with E-state index < -0.39 is 4.75 Å². The zero-order valence-electron chi connectivity index (χ0n) is 21.8. The Morgan fingerprint density at radius 1 is 1.08 bits per heavy atom. The van der Waals surface area contributed by atoms with Gasteiger partial charge in [0.25, 0.3) is 0 Å². The summed E-state index contributed by atoms with van der Waals surface area (Å²) in [5, 5.41) is 1.80. The second-order valence-electron chi connectivity index (χ2n) is 10.4. The summed E-state index contributed by atoms with van der Waals surface area (Å²) in [6.45, 7) is 6.07. The van der Waals surface area contributed by atoms with Gasteiger partial charge in [0.2, 0.25) is 5.91 Å². The summed E-state index contributed by atoms with van der Waals surface area (Å²) in [7, 11) is 0. The minimum Gasteiger partial charge on any atom is -0.378 e.